The summed E-state index contributed by atoms with van der Waals surface area (Å²) in [6.07, 6.45) is 6.68. The third kappa shape index (κ3) is 4.25. The highest BCUT2D eigenvalue weighted by molar-refractivity contribution is 6.13. The predicted molar refractivity (Wildman–Crippen MR) is 213 cm³/mol. The SMILES string of the molecule is C1=Cc2c(c3cc(-c4cc(-c5ccc6c7ccccc7n(-c7ccccc7)c6c5)cc5c4oc4ccccc45)ccc3n2-c2ccccc2)CC1. The number of aromatic nitrogens is 2. The molecule has 0 saturated carbocycles. The number of hydrogen-bond donors (Lipinski definition) is 0. The van der Waals surface area contributed by atoms with Crippen LogP contribution in [0.1, 0.15) is 17.7 Å². The summed E-state index contributed by atoms with van der Waals surface area (Å²) in [5.74, 6) is 0. The molecule has 1 aliphatic carbocycles. The number of hydrogen-bond acceptors (Lipinski definition) is 1. The number of benzene rings is 7. The zero-order valence-electron chi connectivity index (χ0n) is 27.9. The summed E-state index contributed by atoms with van der Waals surface area (Å²) in [4.78, 5) is 0. The van der Waals surface area contributed by atoms with Crippen LogP contribution in [-0.4, -0.2) is 9.13 Å². The molecule has 0 N–H and O–H groups in total. The first-order valence-electron chi connectivity index (χ1n) is 17.7. The Balaban J connectivity index is 1.17. The number of para-hydroxylation sites is 4. The highest BCUT2D eigenvalue weighted by Gasteiger charge is 2.21. The Morgan fingerprint density at radius 3 is 1.96 bits per heavy atom. The van der Waals surface area contributed by atoms with Gasteiger partial charge in [-0.15, -0.1) is 0 Å². The molecule has 3 heterocycles. The maximum Gasteiger partial charge on any atom is 0.143 e. The van der Waals surface area contributed by atoms with E-state index in [-0.39, 0.29) is 0 Å². The lowest BCUT2D eigenvalue weighted by Gasteiger charge is -2.12. The fraction of sp³-hybridized carbons (Fsp3) is 0.0417. The van der Waals surface area contributed by atoms with Gasteiger partial charge in [0.2, 0.25) is 0 Å². The summed E-state index contributed by atoms with van der Waals surface area (Å²) in [5.41, 5.74) is 15.1. The Morgan fingerprint density at radius 1 is 0.451 bits per heavy atom. The molecule has 0 atom stereocenters. The van der Waals surface area contributed by atoms with Crippen LogP contribution in [0.25, 0.3) is 94.4 Å². The van der Waals surface area contributed by atoms with E-state index in [9.17, 15) is 0 Å². The van der Waals surface area contributed by atoms with Gasteiger partial charge in [-0.3, -0.25) is 0 Å². The minimum Gasteiger partial charge on any atom is -0.455 e. The van der Waals surface area contributed by atoms with Gasteiger partial charge in [-0.1, -0.05) is 97.1 Å². The van der Waals surface area contributed by atoms with Crippen molar-refractivity contribution in [3.63, 3.8) is 0 Å². The Kier molecular flexibility index (Phi) is 6.08. The molecule has 51 heavy (non-hydrogen) atoms. The summed E-state index contributed by atoms with van der Waals surface area (Å²) in [5, 5.41) is 6.08. The van der Waals surface area contributed by atoms with Crippen LogP contribution in [0.5, 0.6) is 0 Å². The van der Waals surface area contributed by atoms with E-state index in [2.05, 4.69) is 179 Å². The van der Waals surface area contributed by atoms with E-state index in [0.717, 1.165) is 51.6 Å². The van der Waals surface area contributed by atoms with Gasteiger partial charge in [0.25, 0.3) is 0 Å². The fourth-order valence-electron chi connectivity index (χ4n) is 8.47. The topological polar surface area (TPSA) is 23.0 Å². The number of furan rings is 1. The lowest BCUT2D eigenvalue weighted by molar-refractivity contribution is 0.670. The van der Waals surface area contributed by atoms with E-state index in [4.69, 9.17) is 4.42 Å². The van der Waals surface area contributed by atoms with Crippen molar-refractivity contribution in [2.75, 3.05) is 0 Å². The zero-order valence-corrected chi connectivity index (χ0v) is 27.9. The van der Waals surface area contributed by atoms with Crippen molar-refractivity contribution in [3.8, 4) is 33.6 Å². The smallest absolute Gasteiger partial charge is 0.143 e. The lowest BCUT2D eigenvalue weighted by atomic mass is 9.93. The van der Waals surface area contributed by atoms with Crippen molar-refractivity contribution in [3.05, 3.63) is 175 Å². The second-order valence-corrected chi connectivity index (χ2v) is 13.6. The fourth-order valence-corrected chi connectivity index (χ4v) is 8.47. The lowest BCUT2D eigenvalue weighted by Crippen LogP contribution is -1.99. The number of aryl methyl sites for hydroxylation is 1. The largest absolute Gasteiger partial charge is 0.455 e. The van der Waals surface area contributed by atoms with Gasteiger partial charge in [0, 0.05) is 49.6 Å². The first kappa shape index (κ1) is 28.3. The summed E-state index contributed by atoms with van der Waals surface area (Å²) < 4.78 is 11.5. The predicted octanol–water partition coefficient (Wildman–Crippen LogP) is 12.9. The number of rotatable bonds is 4. The highest BCUT2D eigenvalue weighted by atomic mass is 16.3. The molecule has 0 saturated heterocycles. The maximum atomic E-state index is 6.69. The van der Waals surface area contributed by atoms with Gasteiger partial charge >= 0.3 is 0 Å². The van der Waals surface area contributed by atoms with Gasteiger partial charge in [-0.2, -0.15) is 0 Å². The summed E-state index contributed by atoms with van der Waals surface area (Å²) in [6.45, 7) is 0. The van der Waals surface area contributed by atoms with E-state index in [0.29, 0.717) is 0 Å². The van der Waals surface area contributed by atoms with Crippen molar-refractivity contribution < 1.29 is 4.42 Å². The van der Waals surface area contributed by atoms with E-state index >= 15 is 0 Å². The molecule has 1 aliphatic rings. The maximum absolute atomic E-state index is 6.69. The second kappa shape index (κ2) is 11.0. The quantitative estimate of drug-likeness (QED) is 0.186. The van der Waals surface area contributed by atoms with E-state index in [1.807, 2.05) is 0 Å². The number of nitrogens with zero attached hydrogens (tertiary/aromatic N) is 2. The molecule has 0 unspecified atom stereocenters. The van der Waals surface area contributed by atoms with E-state index in [1.54, 1.807) is 0 Å². The van der Waals surface area contributed by atoms with Crippen LogP contribution >= 0.6 is 0 Å². The average molecular weight is 653 g/mol. The first-order chi connectivity index (χ1) is 25.3. The molecular weight excluding hydrogens is 621 g/mol. The number of allylic oxidation sites excluding steroid dienone is 1. The molecule has 3 aromatic heterocycles. The molecule has 7 aromatic carbocycles. The van der Waals surface area contributed by atoms with Crippen molar-refractivity contribution >= 4 is 60.7 Å². The van der Waals surface area contributed by atoms with Crippen LogP contribution in [-0.2, 0) is 6.42 Å². The van der Waals surface area contributed by atoms with Crippen molar-refractivity contribution in [1.29, 1.82) is 0 Å². The highest BCUT2D eigenvalue weighted by Crippen LogP contribution is 2.43. The molecule has 0 bridgehead atoms. The summed E-state index contributed by atoms with van der Waals surface area (Å²) >= 11 is 0. The van der Waals surface area contributed by atoms with Gasteiger partial charge in [-0.05, 0) is 108 Å². The van der Waals surface area contributed by atoms with Crippen LogP contribution < -0.4 is 0 Å². The monoisotopic (exact) mass is 652 g/mol. The molecule has 0 aliphatic heterocycles. The molecule has 3 heteroatoms. The molecule has 0 spiro atoms. The van der Waals surface area contributed by atoms with Gasteiger partial charge in [0.05, 0.1) is 16.6 Å². The zero-order chi connectivity index (χ0) is 33.5. The first-order valence-corrected chi connectivity index (χ1v) is 17.7. The Hall–Kier alpha value is -6.58. The Labute approximate surface area is 294 Å². The second-order valence-electron chi connectivity index (χ2n) is 13.6. The van der Waals surface area contributed by atoms with Gasteiger partial charge in [0.15, 0.2) is 0 Å². The molecule has 0 radical (unpaired) electrons. The van der Waals surface area contributed by atoms with Crippen LogP contribution in [0.15, 0.2) is 168 Å². The average Bonchev–Trinajstić information content (AvgIpc) is 3.85. The summed E-state index contributed by atoms with van der Waals surface area (Å²) in [7, 11) is 0. The van der Waals surface area contributed by atoms with Crippen molar-refractivity contribution in [2.24, 2.45) is 0 Å². The Bertz CT molecular complexity index is 3010. The molecular formula is C48H32N2O. The molecule has 0 fully saturated rings. The third-order valence-corrected chi connectivity index (χ3v) is 10.8. The minimum absolute atomic E-state index is 0.907. The van der Waals surface area contributed by atoms with Crippen molar-refractivity contribution in [2.45, 2.75) is 12.8 Å². The van der Waals surface area contributed by atoms with Gasteiger partial charge in [-0.25, -0.2) is 0 Å². The van der Waals surface area contributed by atoms with Crippen LogP contribution in [0, 0.1) is 0 Å². The molecule has 11 rings (SSSR count). The standard InChI is InChI=1S/C48H32N2O/c1-3-13-34(14-4-1)49-44-21-11-8-18-37(44)41-27-32(24-26-45(41)49)40-28-33(29-42-39-19-9-12-22-47(39)51-48(40)42)31-23-25-38-36-17-7-10-20-43(36)50(46(38)30-31)35-15-5-2-6-16-35/h1-7,9-17,19-30H,8,18H2. The molecule has 240 valence electrons. The molecule has 0 amide bonds. The normalized spacial score (nSPS) is 12.9. The van der Waals surface area contributed by atoms with Crippen LogP contribution in [0.3, 0.4) is 0 Å². The molecule has 3 nitrogen and oxygen atoms in total. The number of fused-ring (bicyclic) bond motifs is 9. The van der Waals surface area contributed by atoms with Gasteiger partial charge in [0.1, 0.15) is 11.2 Å². The minimum atomic E-state index is 0.907. The van der Waals surface area contributed by atoms with E-state index < -0.39 is 0 Å². The Morgan fingerprint density at radius 2 is 1.12 bits per heavy atom. The molecule has 10 aromatic rings. The third-order valence-electron chi connectivity index (χ3n) is 10.8. The van der Waals surface area contributed by atoms with Crippen LogP contribution in [0.4, 0.5) is 0 Å². The van der Waals surface area contributed by atoms with E-state index in [1.165, 1.54) is 60.8 Å². The summed E-state index contributed by atoms with van der Waals surface area (Å²) in [6, 6.07) is 57.1. The van der Waals surface area contributed by atoms with Gasteiger partial charge < -0.3 is 13.6 Å². The van der Waals surface area contributed by atoms with Crippen molar-refractivity contribution in [1.82, 2.24) is 9.13 Å². The van der Waals surface area contributed by atoms with Crippen LogP contribution in [0.2, 0.25) is 0 Å².